The molecule has 0 saturated heterocycles. The summed E-state index contributed by atoms with van der Waals surface area (Å²) in [6, 6.07) is 17.3. The minimum atomic E-state index is -0.0802. The van der Waals surface area contributed by atoms with E-state index in [0.717, 1.165) is 27.8 Å². The Morgan fingerprint density at radius 1 is 1.12 bits per heavy atom. The molecule has 3 aromatic rings. The average Bonchev–Trinajstić information content (AvgIpc) is 3.08. The summed E-state index contributed by atoms with van der Waals surface area (Å²) in [6.07, 6.45) is 0.247. The summed E-state index contributed by atoms with van der Waals surface area (Å²) in [4.78, 5) is 18.7. The number of carbonyl (C=O) groups excluding carboxylic acids is 1. The van der Waals surface area contributed by atoms with E-state index in [1.807, 2.05) is 79.0 Å². The topological polar surface area (TPSA) is 54.5 Å². The standard InChI is InChI=1S/C20H21N3O2S/c1-23(2)17-10-8-15(9-11-17)21-19(24)12-16-14-26-20(22-16)13-25-18-6-4-3-5-7-18/h3-11,14H,12-13H2,1-2H3,(H,21,24). The number of hydrogen-bond acceptors (Lipinski definition) is 5. The van der Waals surface area contributed by atoms with Crippen LogP contribution in [-0.2, 0) is 17.8 Å². The van der Waals surface area contributed by atoms with E-state index in [2.05, 4.69) is 10.3 Å². The van der Waals surface area contributed by atoms with Crippen LogP contribution in [-0.4, -0.2) is 25.0 Å². The Bertz CT molecular complexity index is 845. The first-order valence-corrected chi connectivity index (χ1v) is 9.16. The summed E-state index contributed by atoms with van der Waals surface area (Å²) in [6.45, 7) is 0.405. The number of carbonyl (C=O) groups is 1. The number of benzene rings is 2. The molecule has 1 N–H and O–H groups in total. The van der Waals surface area contributed by atoms with Crippen LogP contribution in [0.4, 0.5) is 11.4 Å². The summed E-state index contributed by atoms with van der Waals surface area (Å²) >= 11 is 1.50. The minimum absolute atomic E-state index is 0.0802. The van der Waals surface area contributed by atoms with E-state index < -0.39 is 0 Å². The van der Waals surface area contributed by atoms with Gasteiger partial charge in [-0.15, -0.1) is 11.3 Å². The van der Waals surface area contributed by atoms with Crippen molar-refractivity contribution < 1.29 is 9.53 Å². The predicted octanol–water partition coefficient (Wildman–Crippen LogP) is 3.97. The van der Waals surface area contributed by atoms with Crippen LogP contribution < -0.4 is 15.0 Å². The van der Waals surface area contributed by atoms with Gasteiger partial charge in [0.15, 0.2) is 0 Å². The number of nitrogens with zero attached hydrogens (tertiary/aromatic N) is 2. The largest absolute Gasteiger partial charge is 0.486 e. The second kappa shape index (κ2) is 8.49. The van der Waals surface area contributed by atoms with Crippen molar-refractivity contribution in [3.05, 3.63) is 70.7 Å². The van der Waals surface area contributed by atoms with Crippen molar-refractivity contribution >= 4 is 28.6 Å². The first-order chi connectivity index (χ1) is 12.6. The summed E-state index contributed by atoms with van der Waals surface area (Å²) in [5.74, 6) is 0.728. The molecule has 3 rings (SSSR count). The molecule has 0 aliphatic carbocycles. The van der Waals surface area contributed by atoms with Gasteiger partial charge in [0.25, 0.3) is 0 Å². The van der Waals surface area contributed by atoms with Crippen molar-refractivity contribution in [1.29, 1.82) is 0 Å². The first-order valence-electron chi connectivity index (χ1n) is 8.28. The van der Waals surface area contributed by atoms with Crippen LogP contribution in [0.1, 0.15) is 10.7 Å². The van der Waals surface area contributed by atoms with Crippen LogP contribution in [0.2, 0.25) is 0 Å². The molecule has 1 heterocycles. The molecule has 0 fully saturated rings. The van der Waals surface area contributed by atoms with Crippen LogP contribution in [0.25, 0.3) is 0 Å². The lowest BCUT2D eigenvalue weighted by Gasteiger charge is -2.12. The van der Waals surface area contributed by atoms with E-state index in [0.29, 0.717) is 6.61 Å². The molecule has 26 heavy (non-hydrogen) atoms. The average molecular weight is 367 g/mol. The van der Waals surface area contributed by atoms with Gasteiger partial charge < -0.3 is 15.0 Å². The molecule has 0 aliphatic heterocycles. The smallest absolute Gasteiger partial charge is 0.230 e. The highest BCUT2D eigenvalue weighted by atomic mass is 32.1. The Morgan fingerprint density at radius 2 is 1.85 bits per heavy atom. The molecule has 0 aliphatic rings. The maximum Gasteiger partial charge on any atom is 0.230 e. The number of rotatable bonds is 7. The molecule has 134 valence electrons. The quantitative estimate of drug-likeness (QED) is 0.686. The zero-order valence-corrected chi connectivity index (χ0v) is 15.6. The second-order valence-corrected chi connectivity index (χ2v) is 6.94. The molecule has 0 radical (unpaired) electrons. The van der Waals surface area contributed by atoms with Crippen molar-refractivity contribution in [2.75, 3.05) is 24.3 Å². The molecule has 0 spiro atoms. The van der Waals surface area contributed by atoms with Gasteiger partial charge in [0.1, 0.15) is 17.4 Å². The molecule has 5 nitrogen and oxygen atoms in total. The molecule has 0 unspecified atom stereocenters. The fourth-order valence-electron chi connectivity index (χ4n) is 2.37. The van der Waals surface area contributed by atoms with Crippen LogP contribution >= 0.6 is 11.3 Å². The Morgan fingerprint density at radius 3 is 2.54 bits per heavy atom. The highest BCUT2D eigenvalue weighted by molar-refractivity contribution is 7.09. The van der Waals surface area contributed by atoms with E-state index in [-0.39, 0.29) is 12.3 Å². The van der Waals surface area contributed by atoms with Crippen molar-refractivity contribution in [1.82, 2.24) is 4.98 Å². The Kier molecular flexibility index (Phi) is 5.86. The van der Waals surface area contributed by atoms with Gasteiger partial charge in [0.2, 0.25) is 5.91 Å². The van der Waals surface area contributed by atoms with Gasteiger partial charge in [-0.05, 0) is 36.4 Å². The lowest BCUT2D eigenvalue weighted by Crippen LogP contribution is -2.15. The maximum absolute atomic E-state index is 12.2. The highest BCUT2D eigenvalue weighted by Gasteiger charge is 2.09. The molecule has 0 atom stereocenters. The first kappa shape index (κ1) is 17.9. The maximum atomic E-state index is 12.2. The molecule has 1 aromatic heterocycles. The summed E-state index contributed by atoms with van der Waals surface area (Å²) in [5, 5.41) is 5.65. The molecular formula is C20H21N3O2S. The van der Waals surface area contributed by atoms with Gasteiger partial charge in [-0.25, -0.2) is 4.98 Å². The molecule has 2 aromatic carbocycles. The summed E-state index contributed by atoms with van der Waals surface area (Å²) in [7, 11) is 3.96. The molecule has 0 saturated carbocycles. The number of thiazole rings is 1. The van der Waals surface area contributed by atoms with Gasteiger partial charge in [0, 0.05) is 30.9 Å². The van der Waals surface area contributed by atoms with Crippen LogP contribution in [0.15, 0.2) is 60.0 Å². The fourth-order valence-corrected chi connectivity index (χ4v) is 3.08. The Labute approximate surface area is 157 Å². The van der Waals surface area contributed by atoms with Crippen molar-refractivity contribution in [3.63, 3.8) is 0 Å². The van der Waals surface area contributed by atoms with E-state index in [1.165, 1.54) is 11.3 Å². The van der Waals surface area contributed by atoms with Gasteiger partial charge in [0.05, 0.1) is 12.1 Å². The van der Waals surface area contributed by atoms with Gasteiger partial charge in [-0.2, -0.15) is 0 Å². The summed E-state index contributed by atoms with van der Waals surface area (Å²) < 4.78 is 5.68. The third kappa shape index (κ3) is 5.07. The van der Waals surface area contributed by atoms with E-state index >= 15 is 0 Å². The van der Waals surface area contributed by atoms with Gasteiger partial charge >= 0.3 is 0 Å². The third-order valence-electron chi connectivity index (χ3n) is 3.71. The van der Waals surface area contributed by atoms with Crippen molar-refractivity contribution in [2.45, 2.75) is 13.0 Å². The Balaban J connectivity index is 1.51. The normalized spacial score (nSPS) is 10.4. The number of hydrogen-bond donors (Lipinski definition) is 1. The van der Waals surface area contributed by atoms with E-state index in [1.54, 1.807) is 0 Å². The van der Waals surface area contributed by atoms with E-state index in [4.69, 9.17) is 4.74 Å². The predicted molar refractivity (Wildman–Crippen MR) is 106 cm³/mol. The second-order valence-electron chi connectivity index (χ2n) is 6.00. The summed E-state index contributed by atoms with van der Waals surface area (Å²) in [5.41, 5.74) is 2.62. The SMILES string of the molecule is CN(C)c1ccc(NC(=O)Cc2csc(COc3ccccc3)n2)cc1. The third-order valence-corrected chi connectivity index (χ3v) is 4.59. The van der Waals surface area contributed by atoms with Gasteiger partial charge in [-0.3, -0.25) is 4.79 Å². The van der Waals surface area contributed by atoms with Crippen molar-refractivity contribution in [2.24, 2.45) is 0 Å². The minimum Gasteiger partial charge on any atom is -0.486 e. The zero-order valence-electron chi connectivity index (χ0n) is 14.8. The molecular weight excluding hydrogens is 346 g/mol. The zero-order chi connectivity index (χ0) is 18.4. The highest BCUT2D eigenvalue weighted by Crippen LogP contribution is 2.17. The number of aromatic nitrogens is 1. The lowest BCUT2D eigenvalue weighted by atomic mass is 10.2. The Hall–Kier alpha value is -2.86. The molecule has 6 heteroatoms. The fraction of sp³-hybridized carbons (Fsp3) is 0.200. The lowest BCUT2D eigenvalue weighted by molar-refractivity contribution is -0.115. The number of anilines is 2. The van der Waals surface area contributed by atoms with Crippen LogP contribution in [0.5, 0.6) is 5.75 Å². The van der Waals surface area contributed by atoms with E-state index in [9.17, 15) is 4.79 Å². The number of amides is 1. The van der Waals surface area contributed by atoms with Crippen LogP contribution in [0.3, 0.4) is 0 Å². The van der Waals surface area contributed by atoms with Gasteiger partial charge in [-0.1, -0.05) is 18.2 Å². The monoisotopic (exact) mass is 367 g/mol. The molecule has 1 amide bonds. The van der Waals surface area contributed by atoms with Crippen molar-refractivity contribution in [3.8, 4) is 5.75 Å². The molecule has 0 bridgehead atoms. The number of ether oxygens (including phenoxy) is 1. The number of nitrogens with one attached hydrogen (secondary N) is 1. The number of para-hydroxylation sites is 1. The van der Waals surface area contributed by atoms with Crippen LogP contribution in [0, 0.1) is 0 Å².